The summed E-state index contributed by atoms with van der Waals surface area (Å²) in [6.45, 7) is 2.17. The van der Waals surface area contributed by atoms with Crippen LogP contribution in [0.1, 0.15) is 29.9 Å². The summed E-state index contributed by atoms with van der Waals surface area (Å²) in [6.07, 6.45) is 4.67. The second-order valence-corrected chi connectivity index (χ2v) is 9.61. The number of halogens is 1. The maximum Gasteiger partial charge on any atom is 0.328 e. The molecule has 33 heavy (non-hydrogen) atoms. The fourth-order valence-electron chi connectivity index (χ4n) is 5.34. The summed E-state index contributed by atoms with van der Waals surface area (Å²) in [6, 6.07) is 15.7. The number of carbonyl (C=O) groups is 2. The highest BCUT2D eigenvalue weighted by atomic mass is 79.9. The average molecular weight is 515 g/mol. The van der Waals surface area contributed by atoms with Gasteiger partial charge in [0.2, 0.25) is 0 Å². The third kappa shape index (κ3) is 4.83. The van der Waals surface area contributed by atoms with Crippen LogP contribution in [-0.4, -0.2) is 58.8 Å². The zero-order valence-electron chi connectivity index (χ0n) is 18.3. The highest BCUT2D eigenvalue weighted by Gasteiger charge is 2.52. The van der Waals surface area contributed by atoms with Gasteiger partial charge in [-0.25, -0.2) is 9.59 Å². The van der Waals surface area contributed by atoms with Gasteiger partial charge in [-0.05, 0) is 56.1 Å². The first-order chi connectivity index (χ1) is 15.8. The molecule has 3 aliphatic rings. The highest BCUT2D eigenvalue weighted by Crippen LogP contribution is 2.51. The van der Waals surface area contributed by atoms with Crippen LogP contribution in [0.25, 0.3) is 0 Å². The molecule has 3 aliphatic heterocycles. The first-order valence-electron chi connectivity index (χ1n) is 10.9. The number of carboxylic acid groups (broad SMARTS) is 2. The van der Waals surface area contributed by atoms with Gasteiger partial charge in [0.05, 0.1) is 0 Å². The van der Waals surface area contributed by atoms with Crippen molar-refractivity contribution in [2.75, 3.05) is 20.1 Å². The number of hydrogen-bond acceptors (Lipinski definition) is 5. The molecule has 3 N–H and O–H groups in total. The standard InChI is InChI=1S/C21H23BrN2O.C4H4O4/c1-24-16-8-9-21(24,13-23-12-16)18-11-14-10-15(22)6-7-19(14)25-20-5-3-2-4-17(18)20;5-3(6)1-2-4(7)8/h2-7,10,16,18,23H,8-9,11-13H2,1H3;1-2H,(H,5,6)(H,7,8)/b;2-1-. The number of nitrogens with zero attached hydrogens (tertiary/aromatic N) is 1. The number of hydrogen-bond donors (Lipinski definition) is 3. The molecule has 5 rings (SSSR count). The van der Waals surface area contributed by atoms with Gasteiger partial charge in [0, 0.05) is 52.8 Å². The first kappa shape index (κ1) is 23.5. The van der Waals surface area contributed by atoms with Crippen molar-refractivity contribution < 1.29 is 24.5 Å². The van der Waals surface area contributed by atoms with E-state index in [1.54, 1.807) is 0 Å². The molecule has 0 saturated carbocycles. The lowest BCUT2D eigenvalue weighted by atomic mass is 9.73. The number of fused-ring (bicyclic) bond motifs is 4. The van der Waals surface area contributed by atoms with Crippen LogP contribution in [0.4, 0.5) is 0 Å². The van der Waals surface area contributed by atoms with Gasteiger partial charge in [-0.1, -0.05) is 34.1 Å². The summed E-state index contributed by atoms with van der Waals surface area (Å²) < 4.78 is 7.48. The maximum atomic E-state index is 9.55. The largest absolute Gasteiger partial charge is 0.478 e. The molecule has 3 unspecified atom stereocenters. The third-order valence-electron chi connectivity index (χ3n) is 6.95. The van der Waals surface area contributed by atoms with Crippen LogP contribution in [0.2, 0.25) is 0 Å². The number of piperazine rings is 1. The summed E-state index contributed by atoms with van der Waals surface area (Å²) in [5.74, 6) is -0.0669. The zero-order chi connectivity index (χ0) is 23.6. The Morgan fingerprint density at radius 2 is 1.88 bits per heavy atom. The second-order valence-electron chi connectivity index (χ2n) is 8.70. The summed E-state index contributed by atoms with van der Waals surface area (Å²) in [7, 11) is 2.33. The average Bonchev–Trinajstić information content (AvgIpc) is 2.95. The number of ether oxygens (including phenoxy) is 1. The Hall–Kier alpha value is -2.68. The van der Waals surface area contributed by atoms with E-state index in [9.17, 15) is 9.59 Å². The lowest BCUT2D eigenvalue weighted by molar-refractivity contribution is -0.134. The predicted molar refractivity (Wildman–Crippen MR) is 128 cm³/mol. The molecule has 2 bridgehead atoms. The van der Waals surface area contributed by atoms with Gasteiger partial charge >= 0.3 is 11.9 Å². The number of benzene rings is 2. The number of rotatable bonds is 3. The molecule has 0 aromatic heterocycles. The van der Waals surface area contributed by atoms with E-state index < -0.39 is 11.9 Å². The van der Waals surface area contributed by atoms with E-state index in [1.165, 1.54) is 24.0 Å². The van der Waals surface area contributed by atoms with E-state index in [2.05, 4.69) is 75.7 Å². The molecule has 8 heteroatoms. The lowest BCUT2D eigenvalue weighted by Crippen LogP contribution is -2.61. The van der Waals surface area contributed by atoms with E-state index in [0.29, 0.717) is 24.1 Å². The first-order valence-corrected chi connectivity index (χ1v) is 11.7. The van der Waals surface area contributed by atoms with Gasteiger partial charge in [0.15, 0.2) is 0 Å². The molecule has 3 heterocycles. The van der Waals surface area contributed by atoms with E-state index in [-0.39, 0.29) is 5.54 Å². The molecule has 7 nitrogen and oxygen atoms in total. The van der Waals surface area contributed by atoms with E-state index in [1.807, 2.05) is 0 Å². The maximum absolute atomic E-state index is 9.55. The summed E-state index contributed by atoms with van der Waals surface area (Å²) in [5.41, 5.74) is 2.82. The van der Waals surface area contributed by atoms with Gasteiger partial charge in [0.1, 0.15) is 11.5 Å². The summed E-state index contributed by atoms with van der Waals surface area (Å²) in [5, 5.41) is 19.3. The molecule has 2 aromatic carbocycles. The summed E-state index contributed by atoms with van der Waals surface area (Å²) in [4.78, 5) is 21.8. The van der Waals surface area contributed by atoms with Crippen molar-refractivity contribution in [3.63, 3.8) is 0 Å². The zero-order valence-corrected chi connectivity index (χ0v) is 19.9. The van der Waals surface area contributed by atoms with E-state index in [4.69, 9.17) is 14.9 Å². The van der Waals surface area contributed by atoms with Gasteiger partial charge in [-0.3, -0.25) is 4.90 Å². The number of carboxylic acids is 2. The van der Waals surface area contributed by atoms with Crippen LogP contribution >= 0.6 is 15.9 Å². The van der Waals surface area contributed by atoms with Crippen LogP contribution in [0.15, 0.2) is 59.1 Å². The third-order valence-corrected chi connectivity index (χ3v) is 7.44. The van der Waals surface area contributed by atoms with Crippen LogP contribution in [0.3, 0.4) is 0 Å². The van der Waals surface area contributed by atoms with Gasteiger partial charge in [-0.2, -0.15) is 0 Å². The SMILES string of the molecule is CN1C2CCC1(C1Cc3cc(Br)ccc3Oc3ccccc31)CNC2.O=C(O)/C=C\C(=O)O. The second kappa shape index (κ2) is 9.67. The molecular formula is C25H27BrN2O5. The van der Waals surface area contributed by atoms with Gasteiger partial charge in [-0.15, -0.1) is 0 Å². The van der Waals surface area contributed by atoms with Crippen molar-refractivity contribution in [1.82, 2.24) is 10.2 Å². The van der Waals surface area contributed by atoms with E-state index >= 15 is 0 Å². The molecular weight excluding hydrogens is 488 g/mol. The van der Waals surface area contributed by atoms with Gasteiger partial charge < -0.3 is 20.3 Å². The fraction of sp³-hybridized carbons (Fsp3) is 0.360. The molecule has 174 valence electrons. The molecule has 2 fully saturated rings. The lowest BCUT2D eigenvalue weighted by Gasteiger charge is -2.48. The molecule has 0 aliphatic carbocycles. The number of aliphatic carboxylic acids is 2. The van der Waals surface area contributed by atoms with Crippen molar-refractivity contribution in [3.05, 3.63) is 70.2 Å². The van der Waals surface area contributed by atoms with Crippen molar-refractivity contribution >= 4 is 27.9 Å². The normalized spacial score (nSPS) is 25.8. The molecule has 3 atom stereocenters. The summed E-state index contributed by atoms with van der Waals surface area (Å²) >= 11 is 3.64. The van der Waals surface area contributed by atoms with Crippen LogP contribution in [-0.2, 0) is 16.0 Å². The molecule has 0 radical (unpaired) electrons. The van der Waals surface area contributed by atoms with Crippen LogP contribution < -0.4 is 10.1 Å². The number of likely N-dealkylation sites (N-methyl/N-ethyl adjacent to an activating group) is 1. The number of nitrogens with one attached hydrogen (secondary N) is 1. The Bertz CT molecular complexity index is 1070. The van der Waals surface area contributed by atoms with Crippen LogP contribution in [0.5, 0.6) is 11.5 Å². The molecule has 0 spiro atoms. The van der Waals surface area contributed by atoms with Crippen molar-refractivity contribution in [3.8, 4) is 11.5 Å². The Balaban J connectivity index is 0.000000281. The molecule has 0 amide bonds. The fourth-order valence-corrected chi connectivity index (χ4v) is 5.75. The minimum absolute atomic E-state index is 0.173. The smallest absolute Gasteiger partial charge is 0.328 e. The van der Waals surface area contributed by atoms with E-state index in [0.717, 1.165) is 35.5 Å². The molecule has 2 aromatic rings. The Labute approximate surface area is 201 Å². The van der Waals surface area contributed by atoms with Crippen molar-refractivity contribution in [1.29, 1.82) is 0 Å². The highest BCUT2D eigenvalue weighted by molar-refractivity contribution is 9.10. The number of para-hydroxylation sites is 1. The quantitative estimate of drug-likeness (QED) is 0.531. The Morgan fingerprint density at radius 1 is 1.15 bits per heavy atom. The molecule has 2 saturated heterocycles. The minimum Gasteiger partial charge on any atom is -0.478 e. The topological polar surface area (TPSA) is 99.1 Å². The minimum atomic E-state index is -1.26. The van der Waals surface area contributed by atoms with Crippen molar-refractivity contribution in [2.45, 2.75) is 36.8 Å². The predicted octanol–water partition coefficient (Wildman–Crippen LogP) is 4.03. The Kier molecular flexibility index (Phi) is 6.88. The van der Waals surface area contributed by atoms with Crippen molar-refractivity contribution in [2.24, 2.45) is 0 Å². The monoisotopic (exact) mass is 514 g/mol. The van der Waals surface area contributed by atoms with Crippen LogP contribution in [0, 0.1) is 0 Å². The van der Waals surface area contributed by atoms with Gasteiger partial charge in [0.25, 0.3) is 0 Å². The Morgan fingerprint density at radius 3 is 2.61 bits per heavy atom.